The standard InChI is InChI=1S/C16H14N6S/c17-15(18)9-1-3-11(21-7-9)13-5-6-14(23-13)12-4-2-10(8-22-12)16(19)20/h1-8H,(H3,17,18)(H3,19,20). The normalized spacial score (nSPS) is 10.4. The predicted molar refractivity (Wildman–Crippen MR) is 92.8 cm³/mol. The van der Waals surface area contributed by atoms with Crippen molar-refractivity contribution in [3.8, 4) is 21.1 Å². The van der Waals surface area contributed by atoms with E-state index in [0.717, 1.165) is 21.1 Å². The molecule has 0 atom stereocenters. The molecule has 114 valence electrons. The molecule has 23 heavy (non-hydrogen) atoms. The Labute approximate surface area is 136 Å². The second kappa shape index (κ2) is 5.98. The van der Waals surface area contributed by atoms with Crippen molar-refractivity contribution in [3.63, 3.8) is 0 Å². The molecule has 6 nitrogen and oxygen atoms in total. The summed E-state index contributed by atoms with van der Waals surface area (Å²) in [5.74, 6) is 0.0105. The molecule has 6 N–H and O–H groups in total. The van der Waals surface area contributed by atoms with Crippen molar-refractivity contribution >= 4 is 23.0 Å². The van der Waals surface area contributed by atoms with Crippen LogP contribution in [0.15, 0.2) is 48.8 Å². The molecule has 3 aromatic rings. The summed E-state index contributed by atoms with van der Waals surface area (Å²) in [6.07, 6.45) is 3.19. The molecule has 3 heterocycles. The number of nitrogens with zero attached hydrogens (tertiary/aromatic N) is 2. The lowest BCUT2D eigenvalue weighted by atomic mass is 10.2. The summed E-state index contributed by atoms with van der Waals surface area (Å²) in [6.45, 7) is 0. The molecule has 0 aliphatic carbocycles. The Morgan fingerprint density at radius 2 is 1.17 bits per heavy atom. The lowest BCUT2D eigenvalue weighted by Crippen LogP contribution is -2.11. The third-order valence-electron chi connectivity index (χ3n) is 3.26. The van der Waals surface area contributed by atoms with Crippen LogP contribution in [-0.4, -0.2) is 21.6 Å². The van der Waals surface area contributed by atoms with E-state index in [4.69, 9.17) is 22.3 Å². The summed E-state index contributed by atoms with van der Waals surface area (Å²) >= 11 is 1.57. The second-order valence-electron chi connectivity index (χ2n) is 4.86. The summed E-state index contributed by atoms with van der Waals surface area (Å²) in [7, 11) is 0. The van der Waals surface area contributed by atoms with Crippen molar-refractivity contribution in [1.29, 1.82) is 10.8 Å². The van der Waals surface area contributed by atoms with Gasteiger partial charge >= 0.3 is 0 Å². The fourth-order valence-corrected chi connectivity index (χ4v) is 2.97. The Morgan fingerprint density at radius 1 is 0.739 bits per heavy atom. The average molecular weight is 322 g/mol. The van der Waals surface area contributed by atoms with Gasteiger partial charge in [-0.05, 0) is 36.4 Å². The zero-order chi connectivity index (χ0) is 16.4. The molecule has 0 aliphatic rings. The number of aromatic nitrogens is 2. The topological polar surface area (TPSA) is 126 Å². The van der Waals surface area contributed by atoms with Gasteiger partial charge in [-0.1, -0.05) is 0 Å². The van der Waals surface area contributed by atoms with Gasteiger partial charge in [0, 0.05) is 23.5 Å². The smallest absolute Gasteiger partial charge is 0.124 e. The summed E-state index contributed by atoms with van der Waals surface area (Å²) in [6, 6.07) is 11.2. The molecule has 3 aromatic heterocycles. The molecular weight excluding hydrogens is 308 g/mol. The number of amidine groups is 2. The van der Waals surface area contributed by atoms with Gasteiger partial charge in [-0.2, -0.15) is 0 Å². The van der Waals surface area contributed by atoms with E-state index in [9.17, 15) is 0 Å². The number of rotatable bonds is 4. The van der Waals surface area contributed by atoms with Gasteiger partial charge < -0.3 is 11.5 Å². The van der Waals surface area contributed by atoms with Crippen LogP contribution in [0.5, 0.6) is 0 Å². The van der Waals surface area contributed by atoms with E-state index in [2.05, 4.69) is 9.97 Å². The van der Waals surface area contributed by atoms with Gasteiger partial charge in [0.1, 0.15) is 11.7 Å². The minimum atomic E-state index is 0.00526. The zero-order valence-electron chi connectivity index (χ0n) is 12.1. The van der Waals surface area contributed by atoms with E-state index in [-0.39, 0.29) is 11.7 Å². The van der Waals surface area contributed by atoms with Gasteiger partial charge in [-0.25, -0.2) is 0 Å². The van der Waals surface area contributed by atoms with Crippen LogP contribution in [0.2, 0.25) is 0 Å². The van der Waals surface area contributed by atoms with Crippen LogP contribution in [0, 0.1) is 10.8 Å². The summed E-state index contributed by atoms with van der Waals surface area (Å²) < 4.78 is 0. The molecular formula is C16H14N6S. The average Bonchev–Trinajstić information content (AvgIpc) is 3.05. The molecule has 0 aliphatic heterocycles. The van der Waals surface area contributed by atoms with Gasteiger partial charge in [0.2, 0.25) is 0 Å². The minimum Gasteiger partial charge on any atom is -0.384 e. The highest BCUT2D eigenvalue weighted by molar-refractivity contribution is 7.18. The largest absolute Gasteiger partial charge is 0.384 e. The van der Waals surface area contributed by atoms with Crippen molar-refractivity contribution in [1.82, 2.24) is 9.97 Å². The summed E-state index contributed by atoms with van der Waals surface area (Å²) in [4.78, 5) is 10.7. The third kappa shape index (κ3) is 3.09. The molecule has 0 bridgehead atoms. The first-order chi connectivity index (χ1) is 11.0. The Hall–Kier alpha value is -3.06. The van der Waals surface area contributed by atoms with Crippen molar-refractivity contribution < 1.29 is 0 Å². The molecule has 3 rings (SSSR count). The molecule has 0 saturated heterocycles. The van der Waals surface area contributed by atoms with Gasteiger partial charge in [0.15, 0.2) is 0 Å². The van der Waals surface area contributed by atoms with Crippen LogP contribution in [0.25, 0.3) is 21.1 Å². The lowest BCUT2D eigenvalue weighted by molar-refractivity contribution is 1.30. The summed E-state index contributed by atoms with van der Waals surface area (Å²) in [5.41, 5.74) is 13.7. The highest BCUT2D eigenvalue weighted by Crippen LogP contribution is 2.32. The fourth-order valence-electron chi connectivity index (χ4n) is 2.01. The predicted octanol–water partition coefficient (Wildman–Crippen LogP) is 2.44. The highest BCUT2D eigenvalue weighted by Gasteiger charge is 2.08. The van der Waals surface area contributed by atoms with E-state index < -0.39 is 0 Å². The number of nitrogen functional groups attached to an aromatic ring is 2. The van der Waals surface area contributed by atoms with Crippen LogP contribution in [0.1, 0.15) is 11.1 Å². The molecule has 0 amide bonds. The number of hydrogen-bond acceptors (Lipinski definition) is 5. The summed E-state index contributed by atoms with van der Waals surface area (Å²) in [5, 5.41) is 14.8. The maximum Gasteiger partial charge on any atom is 0.124 e. The molecule has 0 fully saturated rings. The van der Waals surface area contributed by atoms with Gasteiger partial charge in [-0.3, -0.25) is 20.8 Å². The van der Waals surface area contributed by atoms with Gasteiger partial charge in [0.05, 0.1) is 21.1 Å². The monoisotopic (exact) mass is 322 g/mol. The number of thiophene rings is 1. The Bertz CT molecular complexity index is 792. The molecule has 0 aromatic carbocycles. The van der Waals surface area contributed by atoms with Crippen LogP contribution < -0.4 is 11.5 Å². The van der Waals surface area contributed by atoms with Crippen LogP contribution in [-0.2, 0) is 0 Å². The second-order valence-corrected chi connectivity index (χ2v) is 5.94. The van der Waals surface area contributed by atoms with Crippen LogP contribution in [0.4, 0.5) is 0 Å². The number of nitrogens with two attached hydrogens (primary N) is 2. The van der Waals surface area contributed by atoms with Crippen molar-refractivity contribution in [2.45, 2.75) is 0 Å². The van der Waals surface area contributed by atoms with Gasteiger partial charge in [-0.15, -0.1) is 11.3 Å². The SMILES string of the molecule is N=C(N)c1ccc(-c2ccc(-c3ccc(C(=N)N)cn3)s2)nc1. The maximum atomic E-state index is 7.38. The lowest BCUT2D eigenvalue weighted by Gasteiger charge is -2.01. The maximum absolute atomic E-state index is 7.38. The zero-order valence-corrected chi connectivity index (χ0v) is 12.9. The molecule has 0 unspecified atom stereocenters. The first-order valence-electron chi connectivity index (χ1n) is 6.76. The van der Waals surface area contributed by atoms with E-state index in [0.29, 0.717) is 11.1 Å². The van der Waals surface area contributed by atoms with Crippen LogP contribution >= 0.6 is 11.3 Å². The Kier molecular flexibility index (Phi) is 3.86. The minimum absolute atomic E-state index is 0.00526. The molecule has 0 radical (unpaired) electrons. The number of hydrogen-bond donors (Lipinski definition) is 4. The number of pyridine rings is 2. The van der Waals surface area contributed by atoms with Crippen LogP contribution in [0.3, 0.4) is 0 Å². The first kappa shape index (κ1) is 14.9. The fraction of sp³-hybridized carbons (Fsp3) is 0. The van der Waals surface area contributed by atoms with E-state index in [1.807, 2.05) is 24.3 Å². The first-order valence-corrected chi connectivity index (χ1v) is 7.58. The Morgan fingerprint density at radius 3 is 1.48 bits per heavy atom. The number of nitrogens with one attached hydrogen (secondary N) is 2. The van der Waals surface area contributed by atoms with E-state index in [1.165, 1.54) is 0 Å². The molecule has 0 spiro atoms. The van der Waals surface area contributed by atoms with Crippen molar-refractivity contribution in [3.05, 3.63) is 59.9 Å². The third-order valence-corrected chi connectivity index (χ3v) is 4.39. The highest BCUT2D eigenvalue weighted by atomic mass is 32.1. The van der Waals surface area contributed by atoms with E-state index >= 15 is 0 Å². The van der Waals surface area contributed by atoms with E-state index in [1.54, 1.807) is 35.9 Å². The van der Waals surface area contributed by atoms with Crippen molar-refractivity contribution in [2.24, 2.45) is 11.5 Å². The molecule has 0 saturated carbocycles. The van der Waals surface area contributed by atoms with Crippen molar-refractivity contribution in [2.75, 3.05) is 0 Å². The van der Waals surface area contributed by atoms with Gasteiger partial charge in [0.25, 0.3) is 0 Å². The Balaban J connectivity index is 1.87. The quantitative estimate of drug-likeness (QED) is 0.435. The molecule has 7 heteroatoms.